The first-order valence-electron chi connectivity index (χ1n) is 11.8. The third kappa shape index (κ3) is 5.35. The topological polar surface area (TPSA) is 98.0 Å². The van der Waals surface area contributed by atoms with Crippen molar-refractivity contribution in [3.63, 3.8) is 0 Å². The van der Waals surface area contributed by atoms with Gasteiger partial charge in [-0.3, -0.25) is 4.79 Å². The molecule has 1 fully saturated rings. The Morgan fingerprint density at radius 3 is 2.55 bits per heavy atom. The zero-order valence-corrected chi connectivity index (χ0v) is 19.0. The quantitative estimate of drug-likeness (QED) is 0.454. The van der Waals surface area contributed by atoms with E-state index in [-0.39, 0.29) is 17.4 Å². The molecule has 7 heteroatoms. The Bertz CT molecular complexity index is 1110. The molecular formula is C26H30N4O3. The molecule has 4 rings (SSSR count). The van der Waals surface area contributed by atoms with E-state index < -0.39 is 5.97 Å². The molecule has 2 heterocycles. The molecule has 0 amide bonds. The van der Waals surface area contributed by atoms with Crippen molar-refractivity contribution in [3.8, 4) is 11.1 Å². The minimum atomic E-state index is -1.05. The Kier molecular flexibility index (Phi) is 7.27. The summed E-state index contributed by atoms with van der Waals surface area (Å²) in [6, 6.07) is 11.2. The van der Waals surface area contributed by atoms with Crippen LogP contribution < -0.4 is 0 Å². The van der Waals surface area contributed by atoms with Crippen LogP contribution in [-0.2, 0) is 13.0 Å². The lowest BCUT2D eigenvalue weighted by Gasteiger charge is -2.18. The number of hydrogen-bond acceptors (Lipinski definition) is 5. The Balaban J connectivity index is 1.56. The van der Waals surface area contributed by atoms with E-state index in [2.05, 4.69) is 22.0 Å². The summed E-state index contributed by atoms with van der Waals surface area (Å²) in [4.78, 5) is 33.1. The zero-order valence-electron chi connectivity index (χ0n) is 19.0. The molecule has 1 aliphatic rings. The lowest BCUT2D eigenvalue weighted by molar-refractivity contribution is 0.0691. The van der Waals surface area contributed by atoms with Crippen molar-refractivity contribution in [2.45, 2.75) is 64.8 Å². The zero-order chi connectivity index (χ0) is 23.2. The number of nitrogens with zero attached hydrogens (tertiary/aromatic N) is 4. The van der Waals surface area contributed by atoms with Crippen LogP contribution in [0.1, 0.15) is 84.4 Å². The second kappa shape index (κ2) is 10.5. The molecule has 1 aromatic carbocycles. The fourth-order valence-corrected chi connectivity index (χ4v) is 4.44. The Morgan fingerprint density at radius 1 is 1.09 bits per heavy atom. The third-order valence-corrected chi connectivity index (χ3v) is 6.31. The molecule has 0 bridgehead atoms. The Hall–Kier alpha value is -3.35. The van der Waals surface area contributed by atoms with E-state index in [1.165, 1.54) is 12.6 Å². The third-order valence-electron chi connectivity index (χ3n) is 6.31. The summed E-state index contributed by atoms with van der Waals surface area (Å²) in [6.45, 7) is 2.87. The Labute approximate surface area is 193 Å². The van der Waals surface area contributed by atoms with Crippen LogP contribution in [0, 0.1) is 5.92 Å². The van der Waals surface area contributed by atoms with Crippen LogP contribution in [-0.4, -0.2) is 36.6 Å². The number of aryl methyl sites for hydroxylation is 1. The van der Waals surface area contributed by atoms with E-state index in [9.17, 15) is 14.7 Å². The summed E-state index contributed by atoms with van der Waals surface area (Å²) in [5.74, 6) is 0.234. The van der Waals surface area contributed by atoms with Gasteiger partial charge in [0.1, 0.15) is 5.82 Å². The molecule has 2 aromatic heterocycles. The van der Waals surface area contributed by atoms with Crippen LogP contribution in [0.25, 0.3) is 11.1 Å². The first-order chi connectivity index (χ1) is 16.1. The number of aromatic nitrogens is 4. The lowest BCUT2D eigenvalue weighted by atomic mass is 9.86. The van der Waals surface area contributed by atoms with E-state index >= 15 is 0 Å². The summed E-state index contributed by atoms with van der Waals surface area (Å²) in [6.07, 6.45) is 9.35. The smallest absolute Gasteiger partial charge is 0.355 e. The maximum Gasteiger partial charge on any atom is 0.355 e. The van der Waals surface area contributed by atoms with Crippen LogP contribution in [0.15, 0.2) is 42.6 Å². The van der Waals surface area contributed by atoms with E-state index in [0.29, 0.717) is 17.8 Å². The number of carboxylic acids is 1. The second-order valence-electron chi connectivity index (χ2n) is 8.71. The number of Topliss-reactive ketones (excluding diaryl/α,β-unsaturated/α-hetero) is 1. The standard InChI is InChI=1S/C26H30N4O3/c1-2-3-16-30-22(28-25(29-30)24(31)20-8-5-4-6-9-20)17-18-11-13-19(14-12-18)21-10-7-15-27-23(21)26(32)33/h7,10-15,20H,2-6,8-9,16-17H2,1H3,(H,32,33). The predicted octanol–water partition coefficient (Wildman–Crippen LogP) is 5.19. The number of carbonyl (C=O) groups is 2. The van der Waals surface area contributed by atoms with Gasteiger partial charge >= 0.3 is 5.97 Å². The minimum Gasteiger partial charge on any atom is -0.476 e. The first-order valence-corrected chi connectivity index (χ1v) is 11.8. The second-order valence-corrected chi connectivity index (χ2v) is 8.71. The van der Waals surface area contributed by atoms with Gasteiger partial charge in [-0.15, -0.1) is 5.10 Å². The maximum absolute atomic E-state index is 13.0. The number of hydrogen-bond donors (Lipinski definition) is 1. The molecule has 0 unspecified atom stereocenters. The molecule has 0 spiro atoms. The molecule has 0 aliphatic heterocycles. The minimum absolute atomic E-state index is 0.0374. The van der Waals surface area contributed by atoms with Gasteiger partial charge in [0.15, 0.2) is 5.69 Å². The van der Waals surface area contributed by atoms with Gasteiger partial charge in [-0.25, -0.2) is 19.4 Å². The van der Waals surface area contributed by atoms with Gasteiger partial charge in [-0.1, -0.05) is 62.9 Å². The highest BCUT2D eigenvalue weighted by Gasteiger charge is 2.26. The van der Waals surface area contributed by atoms with E-state index in [1.807, 2.05) is 28.9 Å². The average Bonchev–Trinajstić information content (AvgIpc) is 3.25. The number of ketones is 1. The SMILES string of the molecule is CCCCn1nc(C(=O)C2CCCCC2)nc1Cc1ccc(-c2cccnc2C(=O)O)cc1. The number of aromatic carboxylic acids is 1. The van der Waals surface area contributed by atoms with Crippen molar-refractivity contribution >= 4 is 11.8 Å². The van der Waals surface area contributed by atoms with Crippen molar-refractivity contribution < 1.29 is 14.7 Å². The van der Waals surface area contributed by atoms with Gasteiger partial charge in [0, 0.05) is 30.6 Å². The van der Waals surface area contributed by atoms with E-state index in [4.69, 9.17) is 0 Å². The predicted molar refractivity (Wildman–Crippen MR) is 125 cm³/mol. The summed E-state index contributed by atoms with van der Waals surface area (Å²) in [7, 11) is 0. The van der Waals surface area contributed by atoms with Gasteiger partial charge in [0.25, 0.3) is 0 Å². The molecule has 33 heavy (non-hydrogen) atoms. The van der Waals surface area contributed by atoms with Gasteiger partial charge in [-0.05, 0) is 36.5 Å². The Morgan fingerprint density at radius 2 is 1.85 bits per heavy atom. The van der Waals surface area contributed by atoms with Crippen LogP contribution in [0.2, 0.25) is 0 Å². The monoisotopic (exact) mass is 446 g/mol. The van der Waals surface area contributed by atoms with Gasteiger partial charge in [-0.2, -0.15) is 0 Å². The highest BCUT2D eigenvalue weighted by molar-refractivity contribution is 5.94. The van der Waals surface area contributed by atoms with Gasteiger partial charge in [0.2, 0.25) is 11.6 Å². The molecule has 0 radical (unpaired) electrons. The fraction of sp³-hybridized carbons (Fsp3) is 0.423. The van der Waals surface area contributed by atoms with Crippen LogP contribution in [0.4, 0.5) is 0 Å². The first kappa shape index (κ1) is 22.8. The van der Waals surface area contributed by atoms with Gasteiger partial charge < -0.3 is 5.11 Å². The normalized spacial score (nSPS) is 14.3. The summed E-state index contributed by atoms with van der Waals surface area (Å²) in [5, 5.41) is 14.0. The molecular weight excluding hydrogens is 416 g/mol. The van der Waals surface area contributed by atoms with Crippen molar-refractivity contribution in [2.24, 2.45) is 5.92 Å². The largest absolute Gasteiger partial charge is 0.476 e. The average molecular weight is 447 g/mol. The number of carboxylic acid groups (broad SMARTS) is 1. The maximum atomic E-state index is 13.0. The highest BCUT2D eigenvalue weighted by Crippen LogP contribution is 2.27. The number of rotatable bonds is 9. The van der Waals surface area contributed by atoms with Crippen LogP contribution in [0.5, 0.6) is 0 Å². The molecule has 0 saturated heterocycles. The number of benzene rings is 1. The molecule has 3 aromatic rings. The van der Waals surface area contributed by atoms with Crippen molar-refractivity contribution in [3.05, 3.63) is 65.5 Å². The van der Waals surface area contributed by atoms with Crippen LogP contribution in [0.3, 0.4) is 0 Å². The van der Waals surface area contributed by atoms with Crippen molar-refractivity contribution in [2.75, 3.05) is 0 Å². The van der Waals surface area contributed by atoms with Crippen molar-refractivity contribution in [1.29, 1.82) is 0 Å². The number of carbonyl (C=O) groups excluding carboxylic acids is 1. The molecule has 1 aliphatic carbocycles. The summed E-state index contributed by atoms with van der Waals surface area (Å²) >= 11 is 0. The summed E-state index contributed by atoms with van der Waals surface area (Å²) in [5.41, 5.74) is 2.45. The lowest BCUT2D eigenvalue weighted by Crippen LogP contribution is -2.19. The highest BCUT2D eigenvalue weighted by atomic mass is 16.4. The van der Waals surface area contributed by atoms with Gasteiger partial charge in [0.05, 0.1) is 0 Å². The molecule has 7 nitrogen and oxygen atoms in total. The number of pyridine rings is 1. The molecule has 1 saturated carbocycles. The molecule has 0 atom stereocenters. The van der Waals surface area contributed by atoms with Crippen molar-refractivity contribution in [1.82, 2.24) is 19.7 Å². The van der Waals surface area contributed by atoms with E-state index in [0.717, 1.165) is 62.0 Å². The molecule has 1 N–H and O–H groups in total. The van der Waals surface area contributed by atoms with E-state index in [1.54, 1.807) is 12.1 Å². The summed E-state index contributed by atoms with van der Waals surface area (Å²) < 4.78 is 1.89. The number of unbranched alkanes of at least 4 members (excludes halogenated alkanes) is 1. The molecule has 172 valence electrons. The van der Waals surface area contributed by atoms with Crippen LogP contribution >= 0.6 is 0 Å². The fourth-order valence-electron chi connectivity index (χ4n) is 4.44.